The molecular formula is C19H25N. The Morgan fingerprint density at radius 1 is 0.900 bits per heavy atom. The third-order valence-corrected chi connectivity index (χ3v) is 3.83. The average molecular weight is 267 g/mol. The molecule has 0 saturated carbocycles. The largest absolute Gasteiger partial charge is 0.313 e. The van der Waals surface area contributed by atoms with E-state index in [0.29, 0.717) is 6.04 Å². The van der Waals surface area contributed by atoms with E-state index >= 15 is 0 Å². The first-order valence-electron chi connectivity index (χ1n) is 7.54. The molecule has 0 bridgehead atoms. The molecule has 2 aromatic carbocycles. The summed E-state index contributed by atoms with van der Waals surface area (Å²) >= 11 is 0. The van der Waals surface area contributed by atoms with E-state index in [1.54, 1.807) is 0 Å². The van der Waals surface area contributed by atoms with Gasteiger partial charge in [0.05, 0.1) is 0 Å². The molecular weight excluding hydrogens is 242 g/mol. The minimum atomic E-state index is 0.383. The summed E-state index contributed by atoms with van der Waals surface area (Å²) in [7, 11) is 2.04. The maximum Gasteiger partial charge on any atom is 0.0358 e. The monoisotopic (exact) mass is 267 g/mol. The van der Waals surface area contributed by atoms with Crippen molar-refractivity contribution in [3.63, 3.8) is 0 Å². The zero-order valence-electron chi connectivity index (χ0n) is 12.8. The Labute approximate surface area is 123 Å². The van der Waals surface area contributed by atoms with E-state index in [-0.39, 0.29) is 0 Å². The molecule has 1 nitrogen and oxygen atoms in total. The molecule has 2 rings (SSSR count). The third kappa shape index (κ3) is 3.94. The Kier molecular flexibility index (Phi) is 5.37. The Morgan fingerprint density at radius 3 is 2.05 bits per heavy atom. The van der Waals surface area contributed by atoms with Crippen LogP contribution >= 0.6 is 0 Å². The van der Waals surface area contributed by atoms with E-state index in [2.05, 4.69) is 67.7 Å². The second kappa shape index (κ2) is 7.25. The smallest absolute Gasteiger partial charge is 0.0358 e. The van der Waals surface area contributed by atoms with Gasteiger partial charge >= 0.3 is 0 Å². The van der Waals surface area contributed by atoms with E-state index in [4.69, 9.17) is 0 Å². The van der Waals surface area contributed by atoms with Gasteiger partial charge in [-0.25, -0.2) is 0 Å². The highest BCUT2D eigenvalue weighted by Gasteiger charge is 2.09. The Hall–Kier alpha value is -1.60. The van der Waals surface area contributed by atoms with E-state index in [1.807, 2.05) is 7.05 Å². The third-order valence-electron chi connectivity index (χ3n) is 3.83. The molecule has 0 aliphatic carbocycles. The summed E-state index contributed by atoms with van der Waals surface area (Å²) in [5, 5.41) is 3.43. The number of nitrogens with one attached hydrogen (secondary N) is 1. The molecule has 0 heterocycles. The van der Waals surface area contributed by atoms with Crippen molar-refractivity contribution in [2.75, 3.05) is 7.05 Å². The summed E-state index contributed by atoms with van der Waals surface area (Å²) in [6.45, 7) is 4.35. The van der Waals surface area contributed by atoms with Crippen LogP contribution < -0.4 is 5.32 Å². The van der Waals surface area contributed by atoms with Gasteiger partial charge in [0.15, 0.2) is 0 Å². The van der Waals surface area contributed by atoms with Crippen molar-refractivity contribution < 1.29 is 0 Å². The topological polar surface area (TPSA) is 12.0 Å². The molecule has 0 spiro atoms. The average Bonchev–Trinajstić information content (AvgIpc) is 2.48. The van der Waals surface area contributed by atoms with Crippen molar-refractivity contribution in [3.05, 3.63) is 70.8 Å². The highest BCUT2D eigenvalue weighted by Crippen LogP contribution is 2.19. The molecule has 0 aliphatic heterocycles. The number of likely N-dealkylation sites (N-methyl/N-ethyl adjacent to an activating group) is 1. The van der Waals surface area contributed by atoms with Crippen molar-refractivity contribution in [1.29, 1.82) is 0 Å². The summed E-state index contributed by atoms with van der Waals surface area (Å²) in [4.78, 5) is 0. The fourth-order valence-corrected chi connectivity index (χ4v) is 2.55. The van der Waals surface area contributed by atoms with Gasteiger partial charge in [-0.3, -0.25) is 0 Å². The Bertz CT molecular complexity index is 510. The van der Waals surface area contributed by atoms with Crippen molar-refractivity contribution in [3.8, 4) is 0 Å². The van der Waals surface area contributed by atoms with Crippen LogP contribution in [-0.2, 0) is 12.8 Å². The zero-order valence-corrected chi connectivity index (χ0v) is 12.8. The van der Waals surface area contributed by atoms with Crippen molar-refractivity contribution >= 4 is 0 Å². The van der Waals surface area contributed by atoms with Gasteiger partial charge in [-0.2, -0.15) is 0 Å². The van der Waals surface area contributed by atoms with Crippen LogP contribution in [-0.4, -0.2) is 7.05 Å². The van der Waals surface area contributed by atoms with Crippen molar-refractivity contribution in [2.24, 2.45) is 0 Å². The SMILES string of the molecule is CCCc1ccc(C(Cc2ccc(C)cc2)NC)cc1. The molecule has 1 atom stereocenters. The number of rotatable bonds is 6. The van der Waals surface area contributed by atoms with Crippen LogP contribution in [0.4, 0.5) is 0 Å². The quantitative estimate of drug-likeness (QED) is 0.815. The zero-order chi connectivity index (χ0) is 14.4. The number of hydrogen-bond acceptors (Lipinski definition) is 1. The molecule has 0 aliphatic rings. The van der Waals surface area contributed by atoms with Crippen LogP contribution in [0.2, 0.25) is 0 Å². The second-order valence-corrected chi connectivity index (χ2v) is 5.52. The summed E-state index contributed by atoms with van der Waals surface area (Å²) in [6, 6.07) is 18.3. The molecule has 1 unspecified atom stereocenters. The van der Waals surface area contributed by atoms with Gasteiger partial charge in [0.2, 0.25) is 0 Å². The maximum absolute atomic E-state index is 3.43. The Balaban J connectivity index is 2.09. The first-order valence-corrected chi connectivity index (χ1v) is 7.54. The molecule has 2 aromatic rings. The maximum atomic E-state index is 3.43. The lowest BCUT2D eigenvalue weighted by Gasteiger charge is -2.17. The fraction of sp³-hybridized carbons (Fsp3) is 0.368. The lowest BCUT2D eigenvalue weighted by molar-refractivity contribution is 0.592. The van der Waals surface area contributed by atoms with Gasteiger partial charge in [0.1, 0.15) is 0 Å². The molecule has 1 heteroatoms. The minimum Gasteiger partial charge on any atom is -0.313 e. The van der Waals surface area contributed by atoms with E-state index < -0.39 is 0 Å². The van der Waals surface area contributed by atoms with Gasteiger partial charge < -0.3 is 5.32 Å². The molecule has 106 valence electrons. The van der Waals surface area contributed by atoms with Crippen molar-refractivity contribution in [2.45, 2.75) is 39.2 Å². The lowest BCUT2D eigenvalue weighted by Crippen LogP contribution is -2.18. The summed E-state index contributed by atoms with van der Waals surface area (Å²) in [5.74, 6) is 0. The predicted octanol–water partition coefficient (Wildman–Crippen LogP) is 4.45. The van der Waals surface area contributed by atoms with Crippen LogP contribution in [0.1, 0.15) is 41.6 Å². The highest BCUT2D eigenvalue weighted by molar-refractivity contribution is 5.28. The second-order valence-electron chi connectivity index (χ2n) is 5.52. The number of hydrogen-bond donors (Lipinski definition) is 1. The van der Waals surface area contributed by atoms with Gasteiger partial charge in [-0.05, 0) is 43.5 Å². The summed E-state index contributed by atoms with van der Waals surface area (Å²) in [6.07, 6.45) is 3.41. The molecule has 0 aromatic heterocycles. The number of aryl methyl sites for hydroxylation is 2. The first kappa shape index (κ1) is 14.8. The summed E-state index contributed by atoms with van der Waals surface area (Å²) < 4.78 is 0. The van der Waals surface area contributed by atoms with Crippen LogP contribution in [0.5, 0.6) is 0 Å². The summed E-state index contributed by atoms with van der Waals surface area (Å²) in [5.41, 5.74) is 5.50. The van der Waals surface area contributed by atoms with Gasteiger partial charge in [0, 0.05) is 6.04 Å². The molecule has 0 saturated heterocycles. The van der Waals surface area contributed by atoms with Gasteiger partial charge in [0.25, 0.3) is 0 Å². The van der Waals surface area contributed by atoms with E-state index in [9.17, 15) is 0 Å². The van der Waals surface area contributed by atoms with Crippen LogP contribution in [0, 0.1) is 6.92 Å². The number of benzene rings is 2. The molecule has 0 radical (unpaired) electrons. The van der Waals surface area contributed by atoms with Crippen LogP contribution in [0.15, 0.2) is 48.5 Å². The lowest BCUT2D eigenvalue weighted by atomic mass is 9.97. The van der Waals surface area contributed by atoms with E-state index in [0.717, 1.165) is 6.42 Å². The van der Waals surface area contributed by atoms with Crippen LogP contribution in [0.25, 0.3) is 0 Å². The van der Waals surface area contributed by atoms with Gasteiger partial charge in [-0.15, -0.1) is 0 Å². The minimum absolute atomic E-state index is 0.383. The molecule has 20 heavy (non-hydrogen) atoms. The molecule has 0 amide bonds. The predicted molar refractivity (Wildman–Crippen MR) is 87.1 cm³/mol. The van der Waals surface area contributed by atoms with Crippen molar-refractivity contribution in [1.82, 2.24) is 5.32 Å². The highest BCUT2D eigenvalue weighted by atomic mass is 14.9. The van der Waals surface area contributed by atoms with E-state index in [1.165, 1.54) is 35.1 Å². The standard InChI is InChI=1S/C19H25N/c1-4-5-16-10-12-18(13-11-16)19(20-3)14-17-8-6-15(2)7-9-17/h6-13,19-20H,4-5,14H2,1-3H3. The molecule has 0 fully saturated rings. The van der Waals surface area contributed by atoms with Crippen LogP contribution in [0.3, 0.4) is 0 Å². The normalized spacial score (nSPS) is 12.3. The van der Waals surface area contributed by atoms with Gasteiger partial charge in [-0.1, -0.05) is 67.4 Å². The Morgan fingerprint density at radius 2 is 1.50 bits per heavy atom. The first-order chi connectivity index (χ1) is 9.72. The molecule has 1 N–H and O–H groups in total. The fourth-order valence-electron chi connectivity index (χ4n) is 2.55.